The first-order valence-electron chi connectivity index (χ1n) is 7.99. The zero-order valence-corrected chi connectivity index (χ0v) is 13.7. The Morgan fingerprint density at radius 2 is 1.88 bits per heavy atom. The van der Waals surface area contributed by atoms with Crippen LogP contribution in [0.1, 0.15) is 6.42 Å². The largest absolute Gasteiger partial charge is 0.497 e. The molecule has 0 atom stereocenters. The Morgan fingerprint density at radius 1 is 1.08 bits per heavy atom. The molecular formula is C19H21N3O2. The first-order chi connectivity index (χ1) is 11.8. The smallest absolute Gasteiger partial charge is 0.319 e. The van der Waals surface area contributed by atoms with Crippen LogP contribution in [0.25, 0.3) is 10.9 Å². The van der Waals surface area contributed by atoms with Gasteiger partial charge in [0.2, 0.25) is 0 Å². The highest BCUT2D eigenvalue weighted by Gasteiger charge is 2.03. The first kappa shape index (κ1) is 15.9. The molecule has 0 aliphatic heterocycles. The third-order valence-corrected chi connectivity index (χ3v) is 3.89. The lowest BCUT2D eigenvalue weighted by atomic mass is 10.2. The molecule has 0 unspecified atom stereocenters. The minimum Gasteiger partial charge on any atom is -0.497 e. The lowest BCUT2D eigenvalue weighted by molar-refractivity contribution is 0.252. The van der Waals surface area contributed by atoms with E-state index in [9.17, 15) is 4.79 Å². The summed E-state index contributed by atoms with van der Waals surface area (Å²) in [5, 5.41) is 6.92. The van der Waals surface area contributed by atoms with Gasteiger partial charge in [0.15, 0.2) is 0 Å². The molecule has 2 N–H and O–H groups in total. The molecule has 0 fully saturated rings. The number of urea groups is 1. The summed E-state index contributed by atoms with van der Waals surface area (Å²) in [7, 11) is 1.61. The summed E-state index contributed by atoms with van der Waals surface area (Å²) in [5.41, 5.74) is 1.96. The predicted molar refractivity (Wildman–Crippen MR) is 96.6 cm³/mol. The van der Waals surface area contributed by atoms with Crippen molar-refractivity contribution in [1.82, 2.24) is 9.88 Å². The van der Waals surface area contributed by atoms with Crippen molar-refractivity contribution in [3.05, 3.63) is 60.8 Å². The minimum absolute atomic E-state index is 0.197. The van der Waals surface area contributed by atoms with Gasteiger partial charge in [-0.15, -0.1) is 0 Å². The van der Waals surface area contributed by atoms with Crippen LogP contribution in [0.5, 0.6) is 5.75 Å². The molecule has 1 heterocycles. The van der Waals surface area contributed by atoms with Crippen molar-refractivity contribution >= 4 is 22.6 Å². The Kier molecular flexibility index (Phi) is 5.01. The number of aromatic nitrogens is 1. The second-order valence-corrected chi connectivity index (χ2v) is 5.53. The van der Waals surface area contributed by atoms with Gasteiger partial charge in [-0.05, 0) is 48.2 Å². The number of ether oxygens (including phenoxy) is 1. The van der Waals surface area contributed by atoms with Crippen molar-refractivity contribution in [1.29, 1.82) is 0 Å². The number of methoxy groups -OCH3 is 1. The van der Waals surface area contributed by atoms with Crippen molar-refractivity contribution in [2.45, 2.75) is 13.0 Å². The molecule has 124 valence electrons. The molecule has 2 amide bonds. The summed E-state index contributed by atoms with van der Waals surface area (Å²) in [5.74, 6) is 0.764. The average Bonchev–Trinajstić information content (AvgIpc) is 3.03. The summed E-state index contributed by atoms with van der Waals surface area (Å²) in [6, 6.07) is 17.5. The number of fused-ring (bicyclic) bond motifs is 1. The fraction of sp³-hybridized carbons (Fsp3) is 0.211. The quantitative estimate of drug-likeness (QED) is 0.677. The molecule has 3 rings (SSSR count). The lowest BCUT2D eigenvalue weighted by Gasteiger charge is -2.09. The zero-order valence-electron chi connectivity index (χ0n) is 13.7. The Balaban J connectivity index is 1.43. The zero-order chi connectivity index (χ0) is 16.8. The lowest BCUT2D eigenvalue weighted by Crippen LogP contribution is -2.30. The molecule has 0 aliphatic carbocycles. The van der Waals surface area contributed by atoms with Crippen molar-refractivity contribution in [3.8, 4) is 5.75 Å². The van der Waals surface area contributed by atoms with Gasteiger partial charge in [-0.25, -0.2) is 4.79 Å². The predicted octanol–water partition coefficient (Wildman–Crippen LogP) is 3.86. The standard InChI is InChI=1S/C19H21N3O2/c1-24-17-9-7-16(8-10-17)21-19(23)20-12-4-13-22-14-11-15-5-2-3-6-18(15)22/h2-3,5-11,14H,4,12-13H2,1H3,(H2,20,21,23). The number of nitrogens with one attached hydrogen (secondary N) is 2. The van der Waals surface area contributed by atoms with Crippen LogP contribution in [0.2, 0.25) is 0 Å². The highest BCUT2D eigenvalue weighted by atomic mass is 16.5. The van der Waals surface area contributed by atoms with Gasteiger partial charge in [-0.2, -0.15) is 0 Å². The number of carbonyl (C=O) groups excluding carboxylic acids is 1. The Morgan fingerprint density at radius 3 is 2.67 bits per heavy atom. The van der Waals surface area contributed by atoms with Crippen molar-refractivity contribution in [2.24, 2.45) is 0 Å². The SMILES string of the molecule is COc1ccc(NC(=O)NCCCn2ccc3ccccc32)cc1. The third-order valence-electron chi connectivity index (χ3n) is 3.89. The van der Waals surface area contributed by atoms with Crippen LogP contribution in [-0.2, 0) is 6.54 Å². The number of anilines is 1. The number of rotatable bonds is 6. The molecule has 0 radical (unpaired) electrons. The summed E-state index contributed by atoms with van der Waals surface area (Å²) in [4.78, 5) is 11.9. The maximum absolute atomic E-state index is 11.9. The third kappa shape index (κ3) is 3.87. The second-order valence-electron chi connectivity index (χ2n) is 5.53. The fourth-order valence-corrected chi connectivity index (χ4v) is 2.64. The van der Waals surface area contributed by atoms with E-state index in [4.69, 9.17) is 4.74 Å². The maximum Gasteiger partial charge on any atom is 0.319 e. The van der Waals surface area contributed by atoms with E-state index in [-0.39, 0.29) is 6.03 Å². The highest BCUT2D eigenvalue weighted by molar-refractivity contribution is 5.89. The topological polar surface area (TPSA) is 55.3 Å². The van der Waals surface area contributed by atoms with Crippen LogP contribution in [0.15, 0.2) is 60.8 Å². The van der Waals surface area contributed by atoms with Gasteiger partial charge in [0, 0.05) is 30.5 Å². The van der Waals surface area contributed by atoms with Crippen molar-refractivity contribution < 1.29 is 9.53 Å². The van der Waals surface area contributed by atoms with Crippen molar-refractivity contribution in [3.63, 3.8) is 0 Å². The minimum atomic E-state index is -0.197. The molecule has 0 spiro atoms. The molecular weight excluding hydrogens is 302 g/mol. The van der Waals surface area contributed by atoms with E-state index in [2.05, 4.69) is 39.6 Å². The molecule has 5 heteroatoms. The molecule has 5 nitrogen and oxygen atoms in total. The van der Waals surface area contributed by atoms with Gasteiger partial charge in [0.05, 0.1) is 7.11 Å². The number of nitrogens with zero attached hydrogens (tertiary/aromatic N) is 1. The van der Waals surface area contributed by atoms with Gasteiger partial charge >= 0.3 is 6.03 Å². The molecule has 0 saturated heterocycles. The Labute approximate surface area is 141 Å². The van der Waals surface area contributed by atoms with Gasteiger partial charge in [0.1, 0.15) is 5.75 Å². The van der Waals surface area contributed by atoms with Gasteiger partial charge in [-0.1, -0.05) is 18.2 Å². The molecule has 0 bridgehead atoms. The maximum atomic E-state index is 11.9. The fourth-order valence-electron chi connectivity index (χ4n) is 2.64. The Bertz CT molecular complexity index is 809. The molecule has 0 aliphatic rings. The van der Waals surface area contributed by atoms with E-state index < -0.39 is 0 Å². The van der Waals surface area contributed by atoms with Crippen LogP contribution in [0.4, 0.5) is 10.5 Å². The normalized spacial score (nSPS) is 10.5. The molecule has 24 heavy (non-hydrogen) atoms. The van der Waals surface area contributed by atoms with Crippen LogP contribution < -0.4 is 15.4 Å². The number of amides is 2. The van der Waals surface area contributed by atoms with Gasteiger partial charge in [-0.3, -0.25) is 0 Å². The number of hydrogen-bond donors (Lipinski definition) is 2. The van der Waals surface area contributed by atoms with Crippen LogP contribution in [0.3, 0.4) is 0 Å². The van der Waals surface area contributed by atoms with E-state index in [0.29, 0.717) is 6.54 Å². The van der Waals surface area contributed by atoms with E-state index in [1.807, 2.05) is 36.4 Å². The van der Waals surface area contributed by atoms with Crippen LogP contribution in [0, 0.1) is 0 Å². The number of benzene rings is 2. The summed E-state index contributed by atoms with van der Waals surface area (Å²) in [6.45, 7) is 1.49. The second kappa shape index (κ2) is 7.55. The molecule has 1 aromatic heterocycles. The monoisotopic (exact) mass is 323 g/mol. The molecule has 3 aromatic rings. The summed E-state index contributed by atoms with van der Waals surface area (Å²) >= 11 is 0. The molecule has 2 aromatic carbocycles. The van der Waals surface area contributed by atoms with Gasteiger partial charge in [0.25, 0.3) is 0 Å². The first-order valence-corrected chi connectivity index (χ1v) is 7.99. The molecule has 0 saturated carbocycles. The number of carbonyl (C=O) groups is 1. The van der Waals surface area contributed by atoms with Crippen molar-refractivity contribution in [2.75, 3.05) is 19.0 Å². The summed E-state index contributed by atoms with van der Waals surface area (Å²) < 4.78 is 7.30. The van der Waals surface area contributed by atoms with Crippen LogP contribution >= 0.6 is 0 Å². The summed E-state index contributed by atoms with van der Waals surface area (Å²) in [6.07, 6.45) is 2.96. The van der Waals surface area contributed by atoms with Crippen LogP contribution in [-0.4, -0.2) is 24.3 Å². The number of aryl methyl sites for hydroxylation is 1. The number of hydrogen-bond acceptors (Lipinski definition) is 2. The Hall–Kier alpha value is -2.95. The number of para-hydroxylation sites is 1. The average molecular weight is 323 g/mol. The van der Waals surface area contributed by atoms with E-state index in [1.165, 1.54) is 10.9 Å². The highest BCUT2D eigenvalue weighted by Crippen LogP contribution is 2.16. The van der Waals surface area contributed by atoms with E-state index in [1.54, 1.807) is 7.11 Å². The van der Waals surface area contributed by atoms with E-state index in [0.717, 1.165) is 24.4 Å². The van der Waals surface area contributed by atoms with Gasteiger partial charge < -0.3 is 19.9 Å². The van der Waals surface area contributed by atoms with E-state index >= 15 is 0 Å².